The second-order valence-electron chi connectivity index (χ2n) is 3.28. The van der Waals surface area contributed by atoms with Crippen LogP contribution >= 0.6 is 0 Å². The summed E-state index contributed by atoms with van der Waals surface area (Å²) in [6.45, 7) is 3.77. The molecule has 2 amide bonds. The highest BCUT2D eigenvalue weighted by atomic mass is 16.2. The largest absolute Gasteiger partial charge is 0.316 e. The van der Waals surface area contributed by atoms with Gasteiger partial charge in [-0.3, -0.25) is 20.2 Å². The number of hydrogen-bond acceptors (Lipinski definition) is 3. The van der Waals surface area contributed by atoms with Crippen LogP contribution in [-0.4, -0.2) is 22.5 Å². The van der Waals surface area contributed by atoms with Crippen LogP contribution in [0.2, 0.25) is 0 Å². The monoisotopic (exact) mass is 206 g/mol. The molecule has 0 aliphatic carbocycles. The molecule has 0 atom stereocenters. The molecule has 1 aliphatic heterocycles. The van der Waals surface area contributed by atoms with Gasteiger partial charge in [0.2, 0.25) is 5.96 Å². The topological polar surface area (TPSA) is 75.5 Å². The number of guanidine groups is 1. The average molecular weight is 206 g/mol. The van der Waals surface area contributed by atoms with Crippen molar-refractivity contribution in [3.05, 3.63) is 23.5 Å². The van der Waals surface area contributed by atoms with E-state index in [2.05, 4.69) is 15.7 Å². The van der Waals surface area contributed by atoms with Gasteiger partial charge in [0.05, 0.1) is 0 Å². The van der Waals surface area contributed by atoms with E-state index in [1.807, 2.05) is 26.0 Å². The normalized spacial score (nSPS) is 15.2. The van der Waals surface area contributed by atoms with Crippen LogP contribution in [0.15, 0.2) is 17.2 Å². The van der Waals surface area contributed by atoms with E-state index < -0.39 is 11.8 Å². The molecule has 6 nitrogen and oxygen atoms in total. The van der Waals surface area contributed by atoms with Gasteiger partial charge >= 0.3 is 11.8 Å². The molecule has 0 spiro atoms. The van der Waals surface area contributed by atoms with E-state index in [1.54, 1.807) is 4.68 Å². The summed E-state index contributed by atoms with van der Waals surface area (Å²) in [5.41, 5.74) is 1.85. The molecular weight excluding hydrogens is 196 g/mol. The third kappa shape index (κ3) is 1.61. The minimum absolute atomic E-state index is 0.160. The van der Waals surface area contributed by atoms with Gasteiger partial charge in [0.25, 0.3) is 0 Å². The van der Waals surface area contributed by atoms with Crippen molar-refractivity contribution in [1.82, 2.24) is 15.3 Å². The number of rotatable bonds is 1. The number of hydrogen-bond donors (Lipinski definition) is 2. The number of aromatic nitrogens is 1. The molecule has 0 saturated carbocycles. The van der Waals surface area contributed by atoms with Crippen LogP contribution in [0, 0.1) is 13.8 Å². The van der Waals surface area contributed by atoms with Crippen molar-refractivity contribution in [3.63, 3.8) is 0 Å². The highest BCUT2D eigenvalue weighted by molar-refractivity contribution is 6.45. The molecule has 2 rings (SSSR count). The molecule has 0 radical (unpaired) electrons. The molecule has 1 saturated heterocycles. The molecule has 0 unspecified atom stereocenters. The van der Waals surface area contributed by atoms with E-state index in [4.69, 9.17) is 0 Å². The molecule has 1 aliphatic rings. The SMILES string of the molecule is Cc1ccc(C)n1N=C1NC(=O)C(=O)N1. The predicted molar refractivity (Wildman–Crippen MR) is 53.0 cm³/mol. The quantitative estimate of drug-likeness (QED) is 0.606. The van der Waals surface area contributed by atoms with Gasteiger partial charge in [-0.2, -0.15) is 0 Å². The van der Waals surface area contributed by atoms with Gasteiger partial charge in [0, 0.05) is 11.4 Å². The van der Waals surface area contributed by atoms with Crippen molar-refractivity contribution < 1.29 is 9.59 Å². The standard InChI is InChI=1S/C9H10N4O2/c1-5-3-4-6(2)13(5)12-9-10-7(14)8(15)11-9/h3-4H,1-2H3,(H2,10,11,12,14,15). The summed E-state index contributed by atoms with van der Waals surface area (Å²) in [6.07, 6.45) is 0. The van der Waals surface area contributed by atoms with Crippen LogP contribution in [0.1, 0.15) is 11.4 Å². The first kappa shape index (κ1) is 9.45. The molecule has 78 valence electrons. The molecule has 2 N–H and O–H groups in total. The van der Waals surface area contributed by atoms with Crippen LogP contribution < -0.4 is 10.6 Å². The molecule has 0 bridgehead atoms. The lowest BCUT2D eigenvalue weighted by atomic mass is 10.5. The van der Waals surface area contributed by atoms with E-state index in [-0.39, 0.29) is 5.96 Å². The lowest BCUT2D eigenvalue weighted by Gasteiger charge is -2.02. The molecule has 0 aromatic carbocycles. The Labute approximate surface area is 86.0 Å². The van der Waals surface area contributed by atoms with Gasteiger partial charge < -0.3 is 0 Å². The number of amides is 2. The summed E-state index contributed by atoms with van der Waals surface area (Å²) >= 11 is 0. The summed E-state index contributed by atoms with van der Waals surface area (Å²) in [7, 11) is 0. The highest BCUT2D eigenvalue weighted by Crippen LogP contribution is 2.06. The van der Waals surface area contributed by atoms with Gasteiger partial charge in [-0.15, -0.1) is 5.10 Å². The number of nitrogens with one attached hydrogen (secondary N) is 2. The van der Waals surface area contributed by atoms with Gasteiger partial charge in [0.15, 0.2) is 0 Å². The summed E-state index contributed by atoms with van der Waals surface area (Å²) in [4.78, 5) is 21.7. The zero-order chi connectivity index (χ0) is 11.0. The predicted octanol–water partition coefficient (Wildman–Crippen LogP) is -0.530. The Kier molecular flexibility index (Phi) is 2.03. The van der Waals surface area contributed by atoms with Crippen LogP contribution in [0.4, 0.5) is 0 Å². The Morgan fingerprint density at radius 1 is 1.07 bits per heavy atom. The van der Waals surface area contributed by atoms with Crippen molar-refractivity contribution in [2.24, 2.45) is 5.10 Å². The molecule has 1 fully saturated rings. The van der Waals surface area contributed by atoms with Gasteiger partial charge in [0.1, 0.15) is 0 Å². The van der Waals surface area contributed by atoms with Crippen LogP contribution in [-0.2, 0) is 9.59 Å². The van der Waals surface area contributed by atoms with E-state index in [1.165, 1.54) is 0 Å². The maximum atomic E-state index is 10.9. The third-order valence-electron chi connectivity index (χ3n) is 2.10. The molecule has 2 heterocycles. The van der Waals surface area contributed by atoms with E-state index >= 15 is 0 Å². The Morgan fingerprint density at radius 2 is 1.53 bits per heavy atom. The second-order valence-corrected chi connectivity index (χ2v) is 3.28. The Balaban J connectivity index is 2.32. The van der Waals surface area contributed by atoms with Crippen molar-refractivity contribution in [1.29, 1.82) is 0 Å². The number of nitrogens with zero attached hydrogens (tertiary/aromatic N) is 2. The molecular formula is C9H10N4O2. The first-order chi connectivity index (χ1) is 7.08. The van der Waals surface area contributed by atoms with Crippen LogP contribution in [0.3, 0.4) is 0 Å². The van der Waals surface area contributed by atoms with Crippen molar-refractivity contribution in [2.45, 2.75) is 13.8 Å². The van der Waals surface area contributed by atoms with E-state index in [9.17, 15) is 9.59 Å². The third-order valence-corrected chi connectivity index (χ3v) is 2.10. The summed E-state index contributed by atoms with van der Waals surface area (Å²) < 4.78 is 1.64. The van der Waals surface area contributed by atoms with Gasteiger partial charge in [-0.1, -0.05) is 0 Å². The molecule has 15 heavy (non-hydrogen) atoms. The average Bonchev–Trinajstić information content (AvgIpc) is 2.64. The fourth-order valence-corrected chi connectivity index (χ4v) is 1.33. The smallest absolute Gasteiger partial charge is 0.286 e. The number of aryl methyl sites for hydroxylation is 2. The summed E-state index contributed by atoms with van der Waals surface area (Å²) in [5, 5.41) is 8.74. The lowest BCUT2D eigenvalue weighted by molar-refractivity contribution is -0.135. The van der Waals surface area contributed by atoms with Gasteiger partial charge in [-0.25, -0.2) is 4.68 Å². The fraction of sp³-hybridized carbons (Fsp3) is 0.222. The zero-order valence-corrected chi connectivity index (χ0v) is 8.37. The molecule has 1 aromatic heterocycles. The Hall–Kier alpha value is -2.11. The van der Waals surface area contributed by atoms with Crippen molar-refractivity contribution in [2.75, 3.05) is 0 Å². The summed E-state index contributed by atoms with van der Waals surface area (Å²) in [6, 6.07) is 3.80. The number of carbonyl (C=O) groups is 2. The minimum Gasteiger partial charge on any atom is -0.286 e. The summed E-state index contributed by atoms with van der Waals surface area (Å²) in [5.74, 6) is -1.21. The number of carbonyl (C=O) groups excluding carboxylic acids is 2. The van der Waals surface area contributed by atoms with E-state index in [0.717, 1.165) is 11.4 Å². The van der Waals surface area contributed by atoms with Gasteiger partial charge in [-0.05, 0) is 26.0 Å². The minimum atomic E-state index is -0.684. The Bertz CT molecular complexity index is 435. The van der Waals surface area contributed by atoms with E-state index in [0.29, 0.717) is 0 Å². The second kappa shape index (κ2) is 3.23. The lowest BCUT2D eigenvalue weighted by Crippen LogP contribution is -2.26. The van der Waals surface area contributed by atoms with Crippen molar-refractivity contribution >= 4 is 17.8 Å². The maximum absolute atomic E-state index is 10.9. The van der Waals surface area contributed by atoms with Crippen molar-refractivity contribution in [3.8, 4) is 0 Å². The maximum Gasteiger partial charge on any atom is 0.316 e. The Morgan fingerprint density at radius 3 is 2.00 bits per heavy atom. The fourth-order valence-electron chi connectivity index (χ4n) is 1.33. The molecule has 6 heteroatoms. The first-order valence-electron chi connectivity index (χ1n) is 4.44. The first-order valence-corrected chi connectivity index (χ1v) is 4.44. The molecule has 1 aromatic rings. The zero-order valence-electron chi connectivity index (χ0n) is 8.37. The highest BCUT2D eigenvalue weighted by Gasteiger charge is 2.25. The van der Waals surface area contributed by atoms with Crippen LogP contribution in [0.25, 0.3) is 0 Å². The van der Waals surface area contributed by atoms with Crippen LogP contribution in [0.5, 0.6) is 0 Å².